The molecule has 0 spiro atoms. The highest BCUT2D eigenvalue weighted by molar-refractivity contribution is 5.61. The van der Waals surface area contributed by atoms with Gasteiger partial charge in [0, 0.05) is 0 Å². The monoisotopic (exact) mass is 175 g/mol. The maximum absolute atomic E-state index is 8.64. The smallest absolute Gasteiger partial charge is 0.182 e. The van der Waals surface area contributed by atoms with E-state index >= 15 is 0 Å². The third-order valence-corrected chi connectivity index (χ3v) is 1.25. The SMILES string of the molecule is CO/C=N/c1[nH]nc(C#N)c1C#N. The Kier molecular flexibility index (Phi) is 2.61. The first kappa shape index (κ1) is 8.75. The number of nitriles is 2. The molecule has 0 saturated heterocycles. The van der Waals surface area contributed by atoms with Gasteiger partial charge < -0.3 is 4.74 Å². The van der Waals surface area contributed by atoms with Crippen LogP contribution in [0.4, 0.5) is 5.82 Å². The molecule has 1 rings (SSSR count). The Morgan fingerprint density at radius 2 is 2.31 bits per heavy atom. The van der Waals surface area contributed by atoms with Gasteiger partial charge in [-0.3, -0.25) is 5.10 Å². The highest BCUT2D eigenvalue weighted by atomic mass is 16.5. The van der Waals surface area contributed by atoms with E-state index in [0.29, 0.717) is 0 Å². The third-order valence-electron chi connectivity index (χ3n) is 1.25. The summed E-state index contributed by atoms with van der Waals surface area (Å²) in [5.74, 6) is 0.223. The topological polar surface area (TPSA) is 97.8 Å². The first-order chi connectivity index (χ1) is 6.33. The minimum absolute atomic E-state index is 0.0331. The molecule has 1 heterocycles. The number of aliphatic imine (C=N–C) groups is 1. The molecular weight excluding hydrogens is 170 g/mol. The van der Waals surface area contributed by atoms with Crippen molar-refractivity contribution < 1.29 is 4.74 Å². The van der Waals surface area contributed by atoms with Crippen molar-refractivity contribution in [3.05, 3.63) is 11.3 Å². The van der Waals surface area contributed by atoms with Crippen LogP contribution < -0.4 is 0 Å². The molecule has 0 radical (unpaired) electrons. The van der Waals surface area contributed by atoms with Crippen LogP contribution in [0.5, 0.6) is 0 Å². The number of nitrogens with zero attached hydrogens (tertiary/aromatic N) is 4. The molecule has 0 aliphatic heterocycles. The van der Waals surface area contributed by atoms with Crippen LogP contribution in [-0.4, -0.2) is 23.7 Å². The lowest BCUT2D eigenvalue weighted by molar-refractivity contribution is 0.423. The fraction of sp³-hybridized carbons (Fsp3) is 0.143. The predicted molar refractivity (Wildman–Crippen MR) is 43.2 cm³/mol. The zero-order chi connectivity index (χ0) is 9.68. The first-order valence-corrected chi connectivity index (χ1v) is 3.27. The standard InChI is InChI=1S/C7H5N5O/c1-13-4-10-7-5(2-8)6(3-9)11-12-7/h4H,1H3,(H,11,12)/b10-4+. The molecule has 0 aliphatic rings. The van der Waals surface area contributed by atoms with Crippen molar-refractivity contribution in [2.45, 2.75) is 0 Å². The second kappa shape index (κ2) is 3.88. The van der Waals surface area contributed by atoms with Gasteiger partial charge in [0.2, 0.25) is 0 Å². The number of nitrogens with one attached hydrogen (secondary N) is 1. The van der Waals surface area contributed by atoms with E-state index in [1.807, 2.05) is 6.07 Å². The highest BCUT2D eigenvalue weighted by Gasteiger charge is 2.10. The Morgan fingerprint density at radius 1 is 1.54 bits per heavy atom. The number of rotatable bonds is 2. The highest BCUT2D eigenvalue weighted by Crippen LogP contribution is 2.16. The maximum atomic E-state index is 8.64. The zero-order valence-electron chi connectivity index (χ0n) is 6.77. The van der Waals surface area contributed by atoms with Crippen LogP contribution in [0.1, 0.15) is 11.3 Å². The quantitative estimate of drug-likeness (QED) is 0.521. The van der Waals surface area contributed by atoms with Crippen molar-refractivity contribution in [1.82, 2.24) is 10.2 Å². The van der Waals surface area contributed by atoms with Crippen molar-refractivity contribution in [3.8, 4) is 12.1 Å². The summed E-state index contributed by atoms with van der Waals surface area (Å²) in [4.78, 5) is 3.73. The second-order valence-corrected chi connectivity index (χ2v) is 1.99. The number of H-pyrrole nitrogens is 1. The molecule has 1 N–H and O–H groups in total. The fourth-order valence-electron chi connectivity index (χ4n) is 0.718. The Labute approximate surface area is 74.1 Å². The average molecular weight is 175 g/mol. The molecule has 1 aromatic heterocycles. The minimum Gasteiger partial charge on any atom is -0.486 e. The summed E-state index contributed by atoms with van der Waals surface area (Å²) < 4.78 is 4.56. The van der Waals surface area contributed by atoms with Crippen molar-refractivity contribution in [2.24, 2.45) is 4.99 Å². The fourth-order valence-corrected chi connectivity index (χ4v) is 0.718. The molecule has 6 heteroatoms. The first-order valence-electron chi connectivity index (χ1n) is 3.27. The van der Waals surface area contributed by atoms with E-state index < -0.39 is 0 Å². The molecule has 0 atom stereocenters. The van der Waals surface area contributed by atoms with Gasteiger partial charge in [-0.2, -0.15) is 15.6 Å². The molecule has 0 saturated carbocycles. The molecule has 13 heavy (non-hydrogen) atoms. The Balaban J connectivity index is 3.12. The number of hydrogen-bond donors (Lipinski definition) is 1. The molecule has 0 fully saturated rings. The Hall–Kier alpha value is -2.34. The molecule has 0 bridgehead atoms. The van der Waals surface area contributed by atoms with Crippen LogP contribution in [0.25, 0.3) is 0 Å². The Bertz CT molecular complexity index is 405. The van der Waals surface area contributed by atoms with Crippen LogP contribution in [0.3, 0.4) is 0 Å². The molecule has 0 amide bonds. The lowest BCUT2D eigenvalue weighted by Gasteiger charge is -1.86. The van der Waals surface area contributed by atoms with Gasteiger partial charge >= 0.3 is 0 Å². The summed E-state index contributed by atoms with van der Waals surface area (Å²) in [7, 11) is 1.43. The van der Waals surface area contributed by atoms with Gasteiger partial charge in [0.15, 0.2) is 17.9 Å². The van der Waals surface area contributed by atoms with E-state index in [1.165, 1.54) is 7.11 Å². The number of methoxy groups -OCH3 is 1. The van der Waals surface area contributed by atoms with E-state index in [9.17, 15) is 0 Å². The predicted octanol–water partition coefficient (Wildman–Crippen LogP) is 0.459. The van der Waals surface area contributed by atoms with E-state index in [2.05, 4.69) is 19.9 Å². The van der Waals surface area contributed by atoms with Gasteiger partial charge in [0.25, 0.3) is 0 Å². The lowest BCUT2D eigenvalue weighted by Crippen LogP contribution is -1.78. The molecule has 6 nitrogen and oxygen atoms in total. The molecule has 0 unspecified atom stereocenters. The molecule has 64 valence electrons. The third kappa shape index (κ3) is 1.63. The summed E-state index contributed by atoms with van der Waals surface area (Å²) in [6.07, 6.45) is 1.15. The molecule has 0 aliphatic carbocycles. The van der Waals surface area contributed by atoms with Crippen LogP contribution in [0.15, 0.2) is 4.99 Å². The van der Waals surface area contributed by atoms with Crippen LogP contribution >= 0.6 is 0 Å². The lowest BCUT2D eigenvalue weighted by atomic mass is 10.3. The molecule has 0 aromatic carbocycles. The normalized spacial score (nSPS) is 9.46. The summed E-state index contributed by atoms with van der Waals surface area (Å²) in [6, 6.07) is 3.58. The van der Waals surface area contributed by atoms with Gasteiger partial charge in [0.1, 0.15) is 17.7 Å². The van der Waals surface area contributed by atoms with E-state index in [0.717, 1.165) is 6.40 Å². The van der Waals surface area contributed by atoms with Crippen molar-refractivity contribution in [3.63, 3.8) is 0 Å². The Morgan fingerprint density at radius 3 is 2.85 bits per heavy atom. The summed E-state index contributed by atoms with van der Waals surface area (Å²) in [5, 5.41) is 23.2. The van der Waals surface area contributed by atoms with Gasteiger partial charge in [-0.15, -0.1) is 0 Å². The van der Waals surface area contributed by atoms with Crippen molar-refractivity contribution >= 4 is 12.2 Å². The van der Waals surface area contributed by atoms with Crippen molar-refractivity contribution in [2.75, 3.05) is 7.11 Å². The summed E-state index contributed by atoms with van der Waals surface area (Å²) >= 11 is 0. The van der Waals surface area contributed by atoms with Gasteiger partial charge in [0.05, 0.1) is 7.11 Å². The van der Waals surface area contributed by atoms with Gasteiger partial charge in [-0.1, -0.05) is 0 Å². The molecular formula is C7H5N5O. The molecule has 1 aromatic rings. The van der Waals surface area contributed by atoms with E-state index in [4.69, 9.17) is 10.5 Å². The van der Waals surface area contributed by atoms with Gasteiger partial charge in [-0.25, -0.2) is 4.99 Å². The van der Waals surface area contributed by atoms with Crippen molar-refractivity contribution in [1.29, 1.82) is 10.5 Å². The van der Waals surface area contributed by atoms with E-state index in [1.54, 1.807) is 6.07 Å². The number of aromatic amines is 1. The average Bonchev–Trinajstić information content (AvgIpc) is 2.56. The number of hydrogen-bond acceptors (Lipinski definition) is 5. The van der Waals surface area contributed by atoms with Gasteiger partial charge in [-0.05, 0) is 0 Å². The van der Waals surface area contributed by atoms with E-state index in [-0.39, 0.29) is 17.1 Å². The second-order valence-electron chi connectivity index (χ2n) is 1.99. The van der Waals surface area contributed by atoms with Crippen LogP contribution in [0, 0.1) is 22.7 Å². The summed E-state index contributed by atoms with van der Waals surface area (Å²) in [6.45, 7) is 0. The maximum Gasteiger partial charge on any atom is 0.182 e. The van der Waals surface area contributed by atoms with Crippen LogP contribution in [0.2, 0.25) is 0 Å². The minimum atomic E-state index is 0.0331. The zero-order valence-corrected chi connectivity index (χ0v) is 6.77. The number of ether oxygens (including phenoxy) is 1. The summed E-state index contributed by atoms with van der Waals surface area (Å²) in [5.41, 5.74) is 0.154. The van der Waals surface area contributed by atoms with Crippen LogP contribution in [-0.2, 0) is 4.74 Å². The number of aromatic nitrogens is 2. The largest absolute Gasteiger partial charge is 0.486 e.